The zero-order valence-corrected chi connectivity index (χ0v) is 11.9. The molecular formula is C11H20N2O7. The second-order valence-corrected chi connectivity index (χ2v) is 3.73. The van der Waals surface area contributed by atoms with Gasteiger partial charge in [-0.15, -0.1) is 4.91 Å². The molecule has 0 fully saturated rings. The molecule has 116 valence electrons. The molecule has 0 aliphatic heterocycles. The molecule has 0 saturated heterocycles. The smallest absolute Gasteiger partial charge is 0.412 e. The van der Waals surface area contributed by atoms with Gasteiger partial charge in [0.15, 0.2) is 5.34 Å². The van der Waals surface area contributed by atoms with Gasteiger partial charge >= 0.3 is 12.1 Å². The Labute approximate surface area is 117 Å². The van der Waals surface area contributed by atoms with E-state index in [1.807, 2.05) is 0 Å². The van der Waals surface area contributed by atoms with Gasteiger partial charge in [0, 0.05) is 20.5 Å². The highest BCUT2D eigenvalue weighted by Crippen LogP contribution is 2.00. The molecule has 0 aromatic carbocycles. The number of esters is 1. The Bertz CT molecular complexity index is 311. The number of hydrogen-bond acceptors (Lipinski definition) is 8. The molecule has 0 bridgehead atoms. The van der Waals surface area contributed by atoms with E-state index in [1.165, 1.54) is 11.8 Å². The topological polar surface area (TPSA) is 104 Å². The van der Waals surface area contributed by atoms with E-state index < -0.39 is 18.4 Å². The van der Waals surface area contributed by atoms with Crippen LogP contribution in [0.25, 0.3) is 0 Å². The number of nitrogens with zero attached hydrogens (tertiary/aromatic N) is 2. The van der Waals surface area contributed by atoms with Crippen LogP contribution in [0, 0.1) is 4.91 Å². The van der Waals surface area contributed by atoms with Gasteiger partial charge in [0.2, 0.25) is 6.29 Å². The Morgan fingerprint density at radius 1 is 1.20 bits per heavy atom. The van der Waals surface area contributed by atoms with Gasteiger partial charge in [0.25, 0.3) is 0 Å². The van der Waals surface area contributed by atoms with Crippen LogP contribution in [-0.4, -0.2) is 56.7 Å². The lowest BCUT2D eigenvalue weighted by atomic mass is 10.4. The first-order valence-corrected chi connectivity index (χ1v) is 6.14. The predicted octanol–water partition coefficient (Wildman–Crippen LogP) is 1.07. The average Bonchev–Trinajstić information content (AvgIpc) is 2.41. The lowest BCUT2D eigenvalue weighted by molar-refractivity contribution is -0.167. The number of carbonyl (C=O) groups is 2. The van der Waals surface area contributed by atoms with Gasteiger partial charge in [-0.2, -0.15) is 0 Å². The van der Waals surface area contributed by atoms with Crippen LogP contribution in [0.1, 0.15) is 20.3 Å². The van der Waals surface area contributed by atoms with Crippen molar-refractivity contribution in [2.24, 2.45) is 5.34 Å². The molecule has 1 amide bonds. The standard InChI is InChI=1S/C11H20N2O7/c1-4-13(3)11(15)20-9(2)19-10(14)5-6-17-7-8-18-12-16/h9H,4-8H2,1-3H3. The lowest BCUT2D eigenvalue weighted by Gasteiger charge is -2.18. The molecule has 0 spiro atoms. The molecule has 0 heterocycles. The minimum atomic E-state index is -0.966. The maximum Gasteiger partial charge on any atom is 0.412 e. The van der Waals surface area contributed by atoms with Crippen molar-refractivity contribution >= 4 is 12.1 Å². The third kappa shape index (κ3) is 9.09. The summed E-state index contributed by atoms with van der Waals surface area (Å²) in [5, 5.41) is 2.18. The van der Waals surface area contributed by atoms with Crippen molar-refractivity contribution in [2.45, 2.75) is 26.6 Å². The fourth-order valence-electron chi connectivity index (χ4n) is 1.02. The normalized spacial score (nSPS) is 11.3. The van der Waals surface area contributed by atoms with E-state index in [9.17, 15) is 14.5 Å². The predicted molar refractivity (Wildman–Crippen MR) is 67.5 cm³/mol. The van der Waals surface area contributed by atoms with Crippen LogP contribution in [0.4, 0.5) is 4.79 Å². The van der Waals surface area contributed by atoms with Crippen molar-refractivity contribution in [1.29, 1.82) is 0 Å². The molecule has 0 aromatic rings. The highest BCUT2D eigenvalue weighted by molar-refractivity contribution is 5.70. The minimum Gasteiger partial charge on any atom is -0.425 e. The van der Waals surface area contributed by atoms with E-state index >= 15 is 0 Å². The van der Waals surface area contributed by atoms with Gasteiger partial charge in [0.05, 0.1) is 19.6 Å². The summed E-state index contributed by atoms with van der Waals surface area (Å²) in [6.45, 7) is 4.01. The summed E-state index contributed by atoms with van der Waals surface area (Å²) in [6.07, 6.45) is -1.53. The number of ether oxygens (including phenoxy) is 3. The Morgan fingerprint density at radius 2 is 1.90 bits per heavy atom. The molecule has 9 nitrogen and oxygen atoms in total. The first-order chi connectivity index (χ1) is 9.51. The summed E-state index contributed by atoms with van der Waals surface area (Å²) in [5.41, 5.74) is 0. The van der Waals surface area contributed by atoms with Gasteiger partial charge in [0.1, 0.15) is 6.61 Å². The van der Waals surface area contributed by atoms with Crippen LogP contribution < -0.4 is 0 Å². The molecule has 0 N–H and O–H groups in total. The van der Waals surface area contributed by atoms with Crippen LogP contribution in [0.5, 0.6) is 0 Å². The lowest BCUT2D eigenvalue weighted by Crippen LogP contribution is -2.32. The van der Waals surface area contributed by atoms with E-state index in [0.29, 0.717) is 6.54 Å². The zero-order valence-electron chi connectivity index (χ0n) is 11.9. The molecule has 0 saturated carbocycles. The summed E-state index contributed by atoms with van der Waals surface area (Å²) in [6, 6.07) is 0. The molecular weight excluding hydrogens is 272 g/mol. The van der Waals surface area contributed by atoms with Crippen LogP contribution in [0.3, 0.4) is 0 Å². The van der Waals surface area contributed by atoms with Crippen molar-refractivity contribution in [3.63, 3.8) is 0 Å². The van der Waals surface area contributed by atoms with Gasteiger partial charge in [-0.05, 0) is 6.92 Å². The first-order valence-electron chi connectivity index (χ1n) is 6.14. The average molecular weight is 292 g/mol. The third-order valence-corrected chi connectivity index (χ3v) is 2.17. The SMILES string of the molecule is CCN(C)C(=O)OC(C)OC(=O)CCOCCON=O. The van der Waals surface area contributed by atoms with Crippen molar-refractivity contribution in [3.8, 4) is 0 Å². The van der Waals surface area contributed by atoms with E-state index in [2.05, 4.69) is 10.2 Å². The van der Waals surface area contributed by atoms with Crippen molar-refractivity contribution in [3.05, 3.63) is 4.91 Å². The Balaban J connectivity index is 3.69. The summed E-state index contributed by atoms with van der Waals surface area (Å²) in [4.78, 5) is 37.8. The van der Waals surface area contributed by atoms with Gasteiger partial charge in [-0.1, -0.05) is 0 Å². The fraction of sp³-hybridized carbons (Fsp3) is 0.818. The van der Waals surface area contributed by atoms with E-state index in [0.717, 1.165) is 0 Å². The van der Waals surface area contributed by atoms with Gasteiger partial charge < -0.3 is 23.9 Å². The highest BCUT2D eigenvalue weighted by atomic mass is 16.7. The largest absolute Gasteiger partial charge is 0.425 e. The Hall–Kier alpha value is -1.90. The molecule has 0 aliphatic carbocycles. The summed E-state index contributed by atoms with van der Waals surface area (Å²) < 4.78 is 14.7. The Morgan fingerprint density at radius 3 is 2.50 bits per heavy atom. The fourth-order valence-corrected chi connectivity index (χ4v) is 1.02. The van der Waals surface area contributed by atoms with Crippen molar-refractivity contribution in [2.75, 3.05) is 33.4 Å². The minimum absolute atomic E-state index is 0.0000252. The van der Waals surface area contributed by atoms with Gasteiger partial charge in [-0.25, -0.2) is 4.79 Å². The summed E-state index contributed by atoms with van der Waals surface area (Å²) in [5.74, 6) is -0.557. The Kier molecular flexibility index (Phi) is 9.93. The third-order valence-electron chi connectivity index (χ3n) is 2.17. The maximum atomic E-state index is 11.4. The monoisotopic (exact) mass is 292 g/mol. The van der Waals surface area contributed by atoms with Crippen LogP contribution >= 0.6 is 0 Å². The molecule has 1 unspecified atom stereocenters. The number of hydrogen-bond donors (Lipinski definition) is 0. The second kappa shape index (κ2) is 11.0. The quantitative estimate of drug-likeness (QED) is 0.195. The van der Waals surface area contributed by atoms with E-state index in [4.69, 9.17) is 14.2 Å². The zero-order chi connectivity index (χ0) is 15.4. The molecule has 1 atom stereocenters. The molecule has 9 heteroatoms. The van der Waals surface area contributed by atoms with Crippen LogP contribution in [0.2, 0.25) is 0 Å². The number of amides is 1. The molecule has 0 rings (SSSR count). The molecule has 0 aliphatic rings. The first kappa shape index (κ1) is 18.1. The second-order valence-electron chi connectivity index (χ2n) is 3.73. The maximum absolute atomic E-state index is 11.4. The summed E-state index contributed by atoms with van der Waals surface area (Å²) >= 11 is 0. The van der Waals surface area contributed by atoms with E-state index in [1.54, 1.807) is 14.0 Å². The van der Waals surface area contributed by atoms with Crippen molar-refractivity contribution < 1.29 is 28.6 Å². The van der Waals surface area contributed by atoms with Crippen molar-refractivity contribution in [1.82, 2.24) is 4.90 Å². The van der Waals surface area contributed by atoms with E-state index in [-0.39, 0.29) is 26.2 Å². The highest BCUT2D eigenvalue weighted by Gasteiger charge is 2.16. The molecule has 0 radical (unpaired) electrons. The molecule has 0 aromatic heterocycles. The number of carbonyl (C=O) groups excluding carboxylic acids is 2. The molecule has 20 heavy (non-hydrogen) atoms. The summed E-state index contributed by atoms with van der Waals surface area (Å²) in [7, 11) is 1.57. The number of rotatable bonds is 10. The van der Waals surface area contributed by atoms with Crippen LogP contribution in [0.15, 0.2) is 5.34 Å². The van der Waals surface area contributed by atoms with Crippen LogP contribution in [-0.2, 0) is 23.8 Å². The van der Waals surface area contributed by atoms with Gasteiger partial charge in [-0.3, -0.25) is 4.79 Å².